The van der Waals surface area contributed by atoms with Crippen molar-refractivity contribution in [2.75, 3.05) is 18.7 Å². The molecule has 130 valence electrons. The van der Waals surface area contributed by atoms with Crippen LogP contribution in [0, 0.1) is 17.0 Å². The molecule has 1 unspecified atom stereocenters. The lowest BCUT2D eigenvalue weighted by Gasteiger charge is -2.44. The number of nitrogens with zero attached hydrogens (tertiary/aromatic N) is 3. The smallest absolute Gasteiger partial charge is 0.272 e. The number of rotatable bonds is 4. The standard InChI is InChI=1S/C18H19N3O4/c1-12-6-7-15-16(10-12)17(8-9-22)20(19(2)18(15)23)13-4-3-5-14(11-13)21(24)25/h3-7,10-11,17,22H,8-9H2,1-2H3. The number of aryl methyl sites for hydroxylation is 1. The van der Waals surface area contributed by atoms with Gasteiger partial charge in [-0.2, -0.15) is 0 Å². The van der Waals surface area contributed by atoms with Gasteiger partial charge in [0.05, 0.1) is 16.7 Å². The zero-order valence-corrected chi connectivity index (χ0v) is 14.0. The van der Waals surface area contributed by atoms with Crippen LogP contribution in [-0.4, -0.2) is 34.6 Å². The lowest BCUT2D eigenvalue weighted by Crippen LogP contribution is -2.50. The van der Waals surface area contributed by atoms with Crippen molar-refractivity contribution in [2.24, 2.45) is 0 Å². The van der Waals surface area contributed by atoms with E-state index in [0.29, 0.717) is 17.7 Å². The predicted molar refractivity (Wildman–Crippen MR) is 93.3 cm³/mol. The average Bonchev–Trinajstić information content (AvgIpc) is 2.60. The van der Waals surface area contributed by atoms with Gasteiger partial charge in [0, 0.05) is 31.4 Å². The van der Waals surface area contributed by atoms with Crippen LogP contribution >= 0.6 is 0 Å². The van der Waals surface area contributed by atoms with Crippen molar-refractivity contribution >= 4 is 17.3 Å². The van der Waals surface area contributed by atoms with E-state index in [1.54, 1.807) is 30.3 Å². The molecule has 3 rings (SSSR count). The van der Waals surface area contributed by atoms with Gasteiger partial charge in [-0.3, -0.25) is 24.9 Å². The van der Waals surface area contributed by atoms with Gasteiger partial charge in [-0.1, -0.05) is 23.8 Å². The molecule has 2 aromatic carbocycles. The number of hydrogen-bond donors (Lipinski definition) is 1. The molecular formula is C18H19N3O4. The maximum Gasteiger partial charge on any atom is 0.272 e. The largest absolute Gasteiger partial charge is 0.396 e. The summed E-state index contributed by atoms with van der Waals surface area (Å²) in [6.07, 6.45) is 0.400. The maximum absolute atomic E-state index is 12.8. The fourth-order valence-corrected chi connectivity index (χ4v) is 3.27. The quantitative estimate of drug-likeness (QED) is 0.682. The third kappa shape index (κ3) is 2.94. The number of amides is 1. The minimum absolute atomic E-state index is 0.0452. The summed E-state index contributed by atoms with van der Waals surface area (Å²) in [5, 5.41) is 23.8. The van der Waals surface area contributed by atoms with E-state index in [9.17, 15) is 20.0 Å². The highest BCUT2D eigenvalue weighted by Gasteiger charge is 2.36. The molecule has 0 aliphatic carbocycles. The molecule has 2 aromatic rings. The molecule has 0 aromatic heterocycles. The Labute approximate surface area is 145 Å². The summed E-state index contributed by atoms with van der Waals surface area (Å²) >= 11 is 0. The Morgan fingerprint density at radius 3 is 2.68 bits per heavy atom. The minimum Gasteiger partial charge on any atom is -0.396 e. The summed E-state index contributed by atoms with van der Waals surface area (Å²) in [6.45, 7) is 1.88. The maximum atomic E-state index is 12.8. The van der Waals surface area contributed by atoms with E-state index in [4.69, 9.17) is 0 Å². The Morgan fingerprint density at radius 2 is 2.00 bits per heavy atom. The molecule has 0 spiro atoms. The molecule has 0 fully saturated rings. The third-order valence-corrected chi connectivity index (χ3v) is 4.42. The van der Waals surface area contributed by atoms with Gasteiger partial charge in [-0.05, 0) is 31.0 Å². The topological polar surface area (TPSA) is 86.9 Å². The van der Waals surface area contributed by atoms with Crippen molar-refractivity contribution in [2.45, 2.75) is 19.4 Å². The van der Waals surface area contributed by atoms with Gasteiger partial charge in [0.25, 0.3) is 11.6 Å². The van der Waals surface area contributed by atoms with Crippen molar-refractivity contribution in [1.82, 2.24) is 5.01 Å². The Hall–Kier alpha value is -2.93. The minimum atomic E-state index is -0.464. The fraction of sp³-hybridized carbons (Fsp3) is 0.278. The monoisotopic (exact) mass is 341 g/mol. The van der Waals surface area contributed by atoms with Crippen LogP contribution in [0.1, 0.15) is 33.9 Å². The summed E-state index contributed by atoms with van der Waals surface area (Å²) in [7, 11) is 1.63. The highest BCUT2D eigenvalue weighted by Crippen LogP contribution is 2.38. The van der Waals surface area contributed by atoms with Crippen LogP contribution in [0.3, 0.4) is 0 Å². The Balaban J connectivity index is 2.16. The van der Waals surface area contributed by atoms with Crippen molar-refractivity contribution in [3.05, 3.63) is 69.3 Å². The number of fused-ring (bicyclic) bond motifs is 1. The number of anilines is 1. The molecule has 0 saturated carbocycles. The summed E-state index contributed by atoms with van der Waals surface area (Å²) in [5.41, 5.74) is 2.92. The first-order valence-corrected chi connectivity index (χ1v) is 7.97. The molecule has 1 heterocycles. The summed E-state index contributed by atoms with van der Waals surface area (Å²) in [6, 6.07) is 11.5. The Bertz CT molecular complexity index is 837. The molecule has 1 atom stereocenters. The Morgan fingerprint density at radius 1 is 1.24 bits per heavy atom. The van der Waals surface area contributed by atoms with Gasteiger partial charge >= 0.3 is 0 Å². The number of carbonyl (C=O) groups excluding carboxylic acids is 1. The highest BCUT2D eigenvalue weighted by molar-refractivity contribution is 5.98. The molecular weight excluding hydrogens is 322 g/mol. The number of nitro groups is 1. The van der Waals surface area contributed by atoms with Gasteiger partial charge in [-0.25, -0.2) is 0 Å². The molecule has 1 N–H and O–H groups in total. The van der Waals surface area contributed by atoms with Crippen LogP contribution in [0.15, 0.2) is 42.5 Å². The van der Waals surface area contributed by atoms with E-state index in [1.807, 2.05) is 19.1 Å². The first-order valence-electron chi connectivity index (χ1n) is 7.97. The van der Waals surface area contributed by atoms with Crippen LogP contribution in [0.25, 0.3) is 0 Å². The number of aliphatic hydroxyl groups is 1. The highest BCUT2D eigenvalue weighted by atomic mass is 16.6. The van der Waals surface area contributed by atoms with E-state index in [1.165, 1.54) is 17.1 Å². The van der Waals surface area contributed by atoms with Crippen molar-refractivity contribution in [3.63, 3.8) is 0 Å². The summed E-state index contributed by atoms with van der Waals surface area (Å²) < 4.78 is 0. The predicted octanol–water partition coefficient (Wildman–Crippen LogP) is 2.83. The third-order valence-electron chi connectivity index (χ3n) is 4.42. The zero-order valence-electron chi connectivity index (χ0n) is 14.0. The van der Waals surface area contributed by atoms with Crippen molar-refractivity contribution in [1.29, 1.82) is 0 Å². The SMILES string of the molecule is Cc1ccc2c(c1)C(CCO)N(c1cccc([N+](=O)[O-])c1)N(C)C2=O. The number of hydrogen-bond acceptors (Lipinski definition) is 5. The van der Waals surface area contributed by atoms with Crippen LogP contribution in [0.5, 0.6) is 0 Å². The van der Waals surface area contributed by atoms with E-state index >= 15 is 0 Å². The van der Waals surface area contributed by atoms with Gasteiger partial charge in [0.2, 0.25) is 0 Å². The van der Waals surface area contributed by atoms with Crippen molar-refractivity contribution in [3.8, 4) is 0 Å². The van der Waals surface area contributed by atoms with Gasteiger partial charge in [-0.15, -0.1) is 0 Å². The van der Waals surface area contributed by atoms with Gasteiger partial charge < -0.3 is 5.11 Å². The van der Waals surface area contributed by atoms with Crippen LogP contribution in [-0.2, 0) is 0 Å². The lowest BCUT2D eigenvalue weighted by atomic mass is 9.92. The van der Waals surface area contributed by atoms with Crippen LogP contribution in [0.2, 0.25) is 0 Å². The Kier molecular flexibility index (Phi) is 4.41. The number of nitro benzene ring substituents is 1. The molecule has 1 aliphatic rings. The van der Waals surface area contributed by atoms with Gasteiger partial charge in [0.15, 0.2) is 0 Å². The summed E-state index contributed by atoms with van der Waals surface area (Å²) in [4.78, 5) is 23.4. The van der Waals surface area contributed by atoms with E-state index in [-0.39, 0.29) is 24.2 Å². The van der Waals surface area contributed by atoms with Crippen LogP contribution in [0.4, 0.5) is 11.4 Å². The second-order valence-electron chi connectivity index (χ2n) is 6.07. The average molecular weight is 341 g/mol. The fourth-order valence-electron chi connectivity index (χ4n) is 3.27. The second-order valence-corrected chi connectivity index (χ2v) is 6.07. The number of carbonyl (C=O) groups is 1. The summed E-state index contributed by atoms with van der Waals surface area (Å²) in [5.74, 6) is -0.185. The normalized spacial score (nSPS) is 16.8. The number of hydrazine groups is 1. The molecule has 1 amide bonds. The molecule has 7 heteroatoms. The first kappa shape index (κ1) is 16.9. The lowest BCUT2D eigenvalue weighted by molar-refractivity contribution is -0.384. The van der Waals surface area contributed by atoms with E-state index in [2.05, 4.69) is 0 Å². The molecule has 1 aliphatic heterocycles. The van der Waals surface area contributed by atoms with E-state index in [0.717, 1.165) is 11.1 Å². The molecule has 25 heavy (non-hydrogen) atoms. The molecule has 0 saturated heterocycles. The van der Waals surface area contributed by atoms with Gasteiger partial charge in [0.1, 0.15) is 0 Å². The second kappa shape index (κ2) is 6.52. The van der Waals surface area contributed by atoms with Crippen LogP contribution < -0.4 is 5.01 Å². The van der Waals surface area contributed by atoms with E-state index < -0.39 is 4.92 Å². The zero-order chi connectivity index (χ0) is 18.1. The molecule has 0 radical (unpaired) electrons. The first-order chi connectivity index (χ1) is 11.9. The molecule has 0 bridgehead atoms. The van der Waals surface area contributed by atoms with Crippen molar-refractivity contribution < 1.29 is 14.8 Å². The molecule has 7 nitrogen and oxygen atoms in total. The number of aliphatic hydroxyl groups excluding tert-OH is 1. The number of benzene rings is 2. The number of non-ortho nitro benzene ring substituents is 1.